The van der Waals surface area contributed by atoms with Crippen molar-refractivity contribution in [1.29, 1.82) is 10.5 Å². The van der Waals surface area contributed by atoms with Crippen molar-refractivity contribution in [3.05, 3.63) is 0 Å². The van der Waals surface area contributed by atoms with Gasteiger partial charge in [0.2, 0.25) is 0 Å². The number of carbonyl (C=O) groups is 2. The van der Waals surface area contributed by atoms with Crippen molar-refractivity contribution in [1.82, 2.24) is 10.2 Å². The molecule has 8 heteroatoms. The zero-order valence-electron chi connectivity index (χ0n) is 15.0. The SMILES string of the molecule is N#CC[C@@H](C#N)NC(=O)O[C@@H](CC1CCCCC1)C(=O)N1CCOCC1. The van der Waals surface area contributed by atoms with Gasteiger partial charge in [0, 0.05) is 13.1 Å². The number of ether oxygens (including phenoxy) is 2. The quantitative estimate of drug-likeness (QED) is 0.769. The number of rotatable bonds is 6. The summed E-state index contributed by atoms with van der Waals surface area (Å²) in [6.45, 7) is 1.93. The van der Waals surface area contributed by atoms with Crippen LogP contribution in [-0.4, -0.2) is 55.3 Å². The summed E-state index contributed by atoms with van der Waals surface area (Å²) in [7, 11) is 0. The molecule has 1 saturated carbocycles. The molecule has 2 fully saturated rings. The van der Waals surface area contributed by atoms with E-state index in [-0.39, 0.29) is 12.3 Å². The maximum atomic E-state index is 12.8. The fourth-order valence-corrected chi connectivity index (χ4v) is 3.44. The Morgan fingerprint density at radius 1 is 1.19 bits per heavy atom. The van der Waals surface area contributed by atoms with Crippen LogP contribution < -0.4 is 5.32 Å². The van der Waals surface area contributed by atoms with Crippen LogP contribution in [0.2, 0.25) is 0 Å². The van der Waals surface area contributed by atoms with Crippen LogP contribution in [0.5, 0.6) is 0 Å². The molecule has 1 aliphatic heterocycles. The first kappa shape index (κ1) is 20.0. The van der Waals surface area contributed by atoms with Crippen LogP contribution in [0.1, 0.15) is 44.9 Å². The molecule has 1 heterocycles. The van der Waals surface area contributed by atoms with Crippen LogP contribution in [0.25, 0.3) is 0 Å². The Hall–Kier alpha value is -2.32. The Kier molecular flexibility index (Phi) is 8.17. The molecule has 8 nitrogen and oxygen atoms in total. The molecule has 0 aromatic heterocycles. The highest BCUT2D eigenvalue weighted by atomic mass is 16.6. The minimum atomic E-state index is -0.943. The predicted molar refractivity (Wildman–Crippen MR) is 91.6 cm³/mol. The molecule has 142 valence electrons. The van der Waals surface area contributed by atoms with Gasteiger partial charge >= 0.3 is 6.09 Å². The lowest BCUT2D eigenvalue weighted by Gasteiger charge is -2.32. The Labute approximate surface area is 154 Å². The number of nitrogens with zero attached hydrogens (tertiary/aromatic N) is 3. The summed E-state index contributed by atoms with van der Waals surface area (Å²) in [5, 5.41) is 20.0. The summed E-state index contributed by atoms with van der Waals surface area (Å²) in [6.07, 6.45) is 4.22. The summed E-state index contributed by atoms with van der Waals surface area (Å²) in [5.74, 6) is 0.153. The number of hydrogen-bond acceptors (Lipinski definition) is 6. The average Bonchev–Trinajstić information content (AvgIpc) is 2.68. The third kappa shape index (κ3) is 6.20. The molecule has 2 atom stereocenters. The van der Waals surface area contributed by atoms with E-state index in [1.54, 1.807) is 4.90 Å². The van der Waals surface area contributed by atoms with Crippen molar-refractivity contribution >= 4 is 12.0 Å². The first-order valence-electron chi connectivity index (χ1n) is 9.24. The topological polar surface area (TPSA) is 115 Å². The number of hydrogen-bond donors (Lipinski definition) is 1. The molecule has 0 radical (unpaired) electrons. The third-order valence-electron chi connectivity index (χ3n) is 4.86. The lowest BCUT2D eigenvalue weighted by molar-refractivity contribution is -0.145. The number of morpholine rings is 1. The van der Waals surface area contributed by atoms with Crippen molar-refractivity contribution in [3.8, 4) is 12.1 Å². The number of nitriles is 2. The Balaban J connectivity index is 1.99. The van der Waals surface area contributed by atoms with Crippen molar-refractivity contribution in [3.63, 3.8) is 0 Å². The van der Waals surface area contributed by atoms with E-state index in [9.17, 15) is 9.59 Å². The average molecular weight is 362 g/mol. The van der Waals surface area contributed by atoms with E-state index in [1.165, 1.54) is 6.42 Å². The van der Waals surface area contributed by atoms with Crippen LogP contribution >= 0.6 is 0 Å². The van der Waals surface area contributed by atoms with Crippen molar-refractivity contribution in [2.24, 2.45) is 5.92 Å². The van der Waals surface area contributed by atoms with Gasteiger partial charge in [0.1, 0.15) is 6.04 Å². The lowest BCUT2D eigenvalue weighted by atomic mass is 9.85. The Morgan fingerprint density at radius 2 is 1.88 bits per heavy atom. The van der Waals surface area contributed by atoms with Gasteiger partial charge in [-0.05, 0) is 12.3 Å². The normalized spacial score (nSPS) is 20.3. The molecule has 2 aliphatic rings. The molecule has 0 aromatic carbocycles. The second-order valence-corrected chi connectivity index (χ2v) is 6.76. The summed E-state index contributed by atoms with van der Waals surface area (Å²) < 4.78 is 10.7. The Morgan fingerprint density at radius 3 is 2.50 bits per heavy atom. The van der Waals surface area contributed by atoms with Gasteiger partial charge in [-0.15, -0.1) is 0 Å². The molecule has 1 saturated heterocycles. The first-order valence-corrected chi connectivity index (χ1v) is 9.24. The molecule has 26 heavy (non-hydrogen) atoms. The molecule has 0 aromatic rings. The summed E-state index contributed by atoms with van der Waals surface area (Å²) in [5.41, 5.74) is 0. The summed E-state index contributed by atoms with van der Waals surface area (Å²) in [4.78, 5) is 26.6. The zero-order valence-corrected chi connectivity index (χ0v) is 15.0. The van der Waals surface area contributed by atoms with Crippen LogP contribution in [0.15, 0.2) is 0 Å². The lowest BCUT2D eigenvalue weighted by Crippen LogP contribution is -2.48. The Bertz CT molecular complexity index is 557. The van der Waals surface area contributed by atoms with Gasteiger partial charge in [-0.3, -0.25) is 4.79 Å². The summed E-state index contributed by atoms with van der Waals surface area (Å²) in [6, 6.07) is 2.73. The van der Waals surface area contributed by atoms with E-state index in [0.717, 1.165) is 25.7 Å². The predicted octanol–water partition coefficient (Wildman–Crippen LogP) is 1.72. The van der Waals surface area contributed by atoms with E-state index < -0.39 is 18.2 Å². The second-order valence-electron chi connectivity index (χ2n) is 6.76. The highest BCUT2D eigenvalue weighted by molar-refractivity contribution is 5.83. The van der Waals surface area contributed by atoms with Gasteiger partial charge in [0.05, 0.1) is 31.8 Å². The van der Waals surface area contributed by atoms with Crippen LogP contribution in [-0.2, 0) is 14.3 Å². The maximum Gasteiger partial charge on any atom is 0.409 e. The van der Waals surface area contributed by atoms with Crippen molar-refractivity contribution in [2.75, 3.05) is 26.3 Å². The molecule has 0 unspecified atom stereocenters. The van der Waals surface area contributed by atoms with Gasteiger partial charge in [-0.1, -0.05) is 32.1 Å². The molecule has 0 bridgehead atoms. The standard InChI is InChI=1S/C18H26N4O4/c19-7-6-15(13-20)21-18(24)26-16(12-14-4-2-1-3-5-14)17(23)22-8-10-25-11-9-22/h14-16H,1-6,8-12H2,(H,21,24)/t15-,16-/m0/s1. The van der Waals surface area contributed by atoms with Gasteiger partial charge in [0.15, 0.2) is 6.10 Å². The highest BCUT2D eigenvalue weighted by Crippen LogP contribution is 2.28. The van der Waals surface area contributed by atoms with Gasteiger partial charge < -0.3 is 19.7 Å². The van der Waals surface area contributed by atoms with Crippen molar-refractivity contribution < 1.29 is 19.1 Å². The number of amides is 2. The monoisotopic (exact) mass is 362 g/mol. The largest absolute Gasteiger partial charge is 0.436 e. The molecule has 1 aliphatic carbocycles. The van der Waals surface area contributed by atoms with Gasteiger partial charge in [-0.25, -0.2) is 4.79 Å². The van der Waals surface area contributed by atoms with Gasteiger partial charge in [0.25, 0.3) is 5.91 Å². The minimum absolute atomic E-state index is 0.129. The van der Waals surface area contributed by atoms with E-state index >= 15 is 0 Å². The number of nitrogens with one attached hydrogen (secondary N) is 1. The molecule has 2 rings (SSSR count). The number of carbonyl (C=O) groups excluding carboxylic acids is 2. The molecule has 1 N–H and O–H groups in total. The van der Waals surface area contributed by atoms with Gasteiger partial charge in [-0.2, -0.15) is 10.5 Å². The molecule has 0 spiro atoms. The van der Waals surface area contributed by atoms with E-state index in [1.807, 2.05) is 12.1 Å². The van der Waals surface area contributed by atoms with E-state index in [4.69, 9.17) is 20.0 Å². The first-order chi connectivity index (χ1) is 12.6. The van der Waals surface area contributed by atoms with Crippen LogP contribution in [0.3, 0.4) is 0 Å². The fraction of sp³-hybridized carbons (Fsp3) is 0.778. The molecular weight excluding hydrogens is 336 g/mol. The van der Waals surface area contributed by atoms with E-state index in [2.05, 4.69) is 5.32 Å². The number of alkyl carbamates (subject to hydrolysis) is 1. The maximum absolute atomic E-state index is 12.8. The summed E-state index contributed by atoms with van der Waals surface area (Å²) >= 11 is 0. The smallest absolute Gasteiger partial charge is 0.409 e. The van der Waals surface area contributed by atoms with E-state index in [0.29, 0.717) is 38.6 Å². The van der Waals surface area contributed by atoms with Crippen LogP contribution in [0, 0.1) is 28.6 Å². The fourth-order valence-electron chi connectivity index (χ4n) is 3.44. The molecule has 2 amide bonds. The zero-order chi connectivity index (χ0) is 18.8. The van der Waals surface area contributed by atoms with Crippen molar-refractivity contribution in [2.45, 2.75) is 57.1 Å². The third-order valence-corrected chi connectivity index (χ3v) is 4.86. The second kappa shape index (κ2) is 10.6. The van der Waals surface area contributed by atoms with Crippen LogP contribution in [0.4, 0.5) is 4.79 Å². The molecular formula is C18H26N4O4. The minimum Gasteiger partial charge on any atom is -0.436 e. The highest BCUT2D eigenvalue weighted by Gasteiger charge is 2.32.